The Labute approximate surface area is 229 Å². The molecule has 4 rings (SSSR count). The number of hydrogen-bond acceptors (Lipinski definition) is 1. The van der Waals surface area contributed by atoms with Crippen LogP contribution in [0.15, 0.2) is 24.1 Å². The van der Waals surface area contributed by atoms with E-state index in [0.29, 0.717) is 30.8 Å². The second-order valence-electron chi connectivity index (χ2n) is 13.2. The molecule has 0 amide bonds. The first kappa shape index (κ1) is 30.1. The van der Waals surface area contributed by atoms with Crippen LogP contribution in [0.3, 0.4) is 0 Å². The summed E-state index contributed by atoms with van der Waals surface area (Å²) in [7, 11) is 0. The van der Waals surface area contributed by atoms with E-state index < -0.39 is 17.9 Å². The number of halogens is 4. The number of rotatable bonds is 9. The van der Waals surface area contributed by atoms with Gasteiger partial charge in [-0.25, -0.2) is 4.39 Å². The minimum absolute atomic E-state index is 0.146. The van der Waals surface area contributed by atoms with Gasteiger partial charge in [-0.2, -0.15) is 13.2 Å². The summed E-state index contributed by atoms with van der Waals surface area (Å²) >= 11 is 0. The molecule has 3 aliphatic carbocycles. The minimum atomic E-state index is -4.56. The lowest BCUT2D eigenvalue weighted by Crippen LogP contribution is -2.35. The predicted molar refractivity (Wildman–Crippen MR) is 147 cm³/mol. The summed E-state index contributed by atoms with van der Waals surface area (Å²) in [5.74, 6) is 2.88. The smallest absolute Gasteiger partial charge is 0.378 e. The highest BCUT2D eigenvalue weighted by Gasteiger charge is 2.35. The van der Waals surface area contributed by atoms with E-state index in [1.807, 2.05) is 0 Å². The van der Waals surface area contributed by atoms with Gasteiger partial charge in [0.15, 0.2) is 0 Å². The molecule has 0 aromatic rings. The average Bonchev–Trinajstić information content (AvgIpc) is 2.92. The summed E-state index contributed by atoms with van der Waals surface area (Å²) in [6.07, 6.45) is 21.9. The van der Waals surface area contributed by atoms with Gasteiger partial charge in [0.1, 0.15) is 5.83 Å². The molecule has 0 aromatic heterocycles. The molecule has 4 fully saturated rings. The molecule has 0 aromatic carbocycles. The molecule has 1 nitrogen and oxygen atoms in total. The predicted octanol–water partition coefficient (Wildman–Crippen LogP) is 10.8. The van der Waals surface area contributed by atoms with E-state index in [0.717, 1.165) is 43.1 Å². The van der Waals surface area contributed by atoms with Crippen LogP contribution < -0.4 is 0 Å². The van der Waals surface area contributed by atoms with Gasteiger partial charge in [0.05, 0.1) is 12.2 Å². The molecule has 0 radical (unpaired) electrons. The van der Waals surface area contributed by atoms with Gasteiger partial charge in [0.2, 0.25) is 0 Å². The SMILES string of the molecule is CCCCCC1CCC(C2CCC(C3CCC(C=CC4CCC(C(F)=CC(F)(F)F)CC4)CC3)CC2)OC1. The van der Waals surface area contributed by atoms with Crippen molar-refractivity contribution >= 4 is 0 Å². The molecule has 3 saturated carbocycles. The lowest BCUT2D eigenvalue weighted by Gasteiger charge is -2.41. The zero-order valence-electron chi connectivity index (χ0n) is 23.7. The second kappa shape index (κ2) is 14.7. The van der Waals surface area contributed by atoms with Crippen LogP contribution in [0.5, 0.6) is 0 Å². The van der Waals surface area contributed by atoms with Gasteiger partial charge in [0, 0.05) is 12.5 Å². The average molecular weight is 541 g/mol. The standard InChI is InChI=1S/C33H52F4O/c1-2-3-4-5-26-12-21-32(38-23-26)30-19-17-28(18-20-30)27-13-8-24(9-14-27)6-7-25-10-15-29(16-11-25)31(34)22-33(35,36)37/h6-7,22,24-30,32H,2-5,8-21,23H2,1H3. The molecule has 2 unspecified atom stereocenters. The summed E-state index contributed by atoms with van der Waals surface area (Å²) in [5.41, 5.74) is 0. The Balaban J connectivity index is 1.10. The van der Waals surface area contributed by atoms with Crippen LogP contribution in [0.25, 0.3) is 0 Å². The van der Waals surface area contributed by atoms with Crippen molar-refractivity contribution in [2.45, 2.75) is 135 Å². The lowest BCUT2D eigenvalue weighted by molar-refractivity contribution is -0.0821. The van der Waals surface area contributed by atoms with Crippen molar-refractivity contribution < 1.29 is 22.3 Å². The summed E-state index contributed by atoms with van der Waals surface area (Å²) in [6.45, 7) is 3.28. The van der Waals surface area contributed by atoms with E-state index in [4.69, 9.17) is 4.74 Å². The van der Waals surface area contributed by atoms with Crippen molar-refractivity contribution in [2.75, 3.05) is 6.61 Å². The van der Waals surface area contributed by atoms with E-state index in [-0.39, 0.29) is 6.08 Å². The Morgan fingerprint density at radius 2 is 1.26 bits per heavy atom. The number of alkyl halides is 3. The Morgan fingerprint density at radius 3 is 1.79 bits per heavy atom. The normalized spacial score (nSPS) is 38.0. The third-order valence-corrected chi connectivity index (χ3v) is 10.6. The number of ether oxygens (including phenoxy) is 1. The first-order chi connectivity index (χ1) is 18.3. The molecule has 0 N–H and O–H groups in total. The van der Waals surface area contributed by atoms with Gasteiger partial charge in [-0.15, -0.1) is 0 Å². The van der Waals surface area contributed by atoms with E-state index in [9.17, 15) is 17.6 Å². The maximum atomic E-state index is 13.9. The van der Waals surface area contributed by atoms with Gasteiger partial charge >= 0.3 is 6.18 Å². The highest BCUT2D eigenvalue weighted by molar-refractivity contribution is 5.05. The summed E-state index contributed by atoms with van der Waals surface area (Å²) in [5, 5.41) is 0. The van der Waals surface area contributed by atoms with Crippen molar-refractivity contribution in [2.24, 2.45) is 41.4 Å². The summed E-state index contributed by atoms with van der Waals surface area (Å²) in [6, 6.07) is 0. The first-order valence-corrected chi connectivity index (χ1v) is 16.1. The summed E-state index contributed by atoms with van der Waals surface area (Å²) < 4.78 is 57.5. The maximum absolute atomic E-state index is 13.9. The van der Waals surface area contributed by atoms with E-state index in [1.54, 1.807) is 0 Å². The monoisotopic (exact) mass is 540 g/mol. The first-order valence-electron chi connectivity index (χ1n) is 16.1. The fraction of sp³-hybridized carbons (Fsp3) is 0.879. The lowest BCUT2D eigenvalue weighted by atomic mass is 9.68. The molecular weight excluding hydrogens is 488 g/mol. The van der Waals surface area contributed by atoms with Crippen LogP contribution in [0, 0.1) is 41.4 Å². The van der Waals surface area contributed by atoms with Gasteiger partial charge in [-0.3, -0.25) is 0 Å². The molecule has 4 aliphatic rings. The molecule has 1 aliphatic heterocycles. The molecular formula is C33H52F4O. The molecule has 218 valence electrons. The van der Waals surface area contributed by atoms with Gasteiger partial charge in [-0.05, 0) is 132 Å². The molecule has 38 heavy (non-hydrogen) atoms. The fourth-order valence-electron chi connectivity index (χ4n) is 8.08. The third kappa shape index (κ3) is 9.37. The van der Waals surface area contributed by atoms with Gasteiger partial charge in [0.25, 0.3) is 0 Å². The highest BCUT2D eigenvalue weighted by Crippen LogP contribution is 2.44. The zero-order chi connectivity index (χ0) is 27.0. The largest absolute Gasteiger partial charge is 0.412 e. The van der Waals surface area contributed by atoms with Crippen LogP contribution in [-0.2, 0) is 4.74 Å². The molecule has 0 bridgehead atoms. The topological polar surface area (TPSA) is 9.23 Å². The number of hydrogen-bond donors (Lipinski definition) is 0. The second-order valence-corrected chi connectivity index (χ2v) is 13.2. The number of allylic oxidation sites excluding steroid dienone is 4. The van der Waals surface area contributed by atoms with Crippen LogP contribution >= 0.6 is 0 Å². The zero-order valence-corrected chi connectivity index (χ0v) is 23.7. The quantitative estimate of drug-likeness (QED) is 0.161. The molecule has 5 heteroatoms. The van der Waals surface area contributed by atoms with Crippen LogP contribution in [0.1, 0.15) is 122 Å². The Morgan fingerprint density at radius 1 is 0.711 bits per heavy atom. The molecule has 2 atom stereocenters. The van der Waals surface area contributed by atoms with Crippen molar-refractivity contribution in [3.05, 3.63) is 24.1 Å². The van der Waals surface area contributed by atoms with Crippen molar-refractivity contribution in [3.8, 4) is 0 Å². The van der Waals surface area contributed by atoms with Gasteiger partial charge in [-0.1, -0.05) is 38.3 Å². The molecule has 1 saturated heterocycles. The van der Waals surface area contributed by atoms with Crippen LogP contribution in [-0.4, -0.2) is 18.9 Å². The Kier molecular flexibility index (Phi) is 11.6. The summed E-state index contributed by atoms with van der Waals surface area (Å²) in [4.78, 5) is 0. The van der Waals surface area contributed by atoms with Crippen LogP contribution in [0.4, 0.5) is 17.6 Å². The highest BCUT2D eigenvalue weighted by atomic mass is 19.4. The van der Waals surface area contributed by atoms with E-state index in [1.165, 1.54) is 89.9 Å². The Hall–Kier alpha value is -0.840. The molecule has 0 spiro atoms. The maximum Gasteiger partial charge on any atom is 0.412 e. The Bertz CT molecular complexity index is 727. The van der Waals surface area contributed by atoms with Crippen molar-refractivity contribution in [3.63, 3.8) is 0 Å². The molecule has 1 heterocycles. The fourth-order valence-corrected chi connectivity index (χ4v) is 8.08. The van der Waals surface area contributed by atoms with Crippen molar-refractivity contribution in [1.82, 2.24) is 0 Å². The van der Waals surface area contributed by atoms with Crippen LogP contribution in [0.2, 0.25) is 0 Å². The van der Waals surface area contributed by atoms with Crippen molar-refractivity contribution in [1.29, 1.82) is 0 Å². The number of unbranched alkanes of at least 4 members (excludes halogenated alkanes) is 2. The van der Waals surface area contributed by atoms with E-state index >= 15 is 0 Å². The van der Waals surface area contributed by atoms with E-state index in [2.05, 4.69) is 19.1 Å². The van der Waals surface area contributed by atoms with Gasteiger partial charge < -0.3 is 4.74 Å². The minimum Gasteiger partial charge on any atom is -0.378 e. The third-order valence-electron chi connectivity index (χ3n) is 10.6.